The number of para-hydroxylation sites is 1. The summed E-state index contributed by atoms with van der Waals surface area (Å²) in [6.45, 7) is 9.40. The van der Waals surface area contributed by atoms with Gasteiger partial charge in [0.2, 0.25) is 5.91 Å². The maximum Gasteiger partial charge on any atom is 0.257 e. The standard InChI is InChI=1S/C25H33N3O3/c1-18(2)8-9-24(29)26-11-13-27(14-12-26)25(30)21-10-15-31-23(21)17-28-19(3)16-20-6-4-5-7-22(20)28/h4-7,10,15,18-19H,8-9,11-14,16-17H2,1-3H3. The van der Waals surface area contributed by atoms with Crippen LogP contribution in [0.15, 0.2) is 41.0 Å². The third-order valence-electron chi connectivity index (χ3n) is 6.49. The molecule has 1 atom stereocenters. The first-order valence-electron chi connectivity index (χ1n) is 11.4. The Balaban J connectivity index is 1.38. The van der Waals surface area contributed by atoms with Crippen LogP contribution in [0.2, 0.25) is 0 Å². The van der Waals surface area contributed by atoms with E-state index >= 15 is 0 Å². The zero-order valence-electron chi connectivity index (χ0n) is 18.8. The molecule has 0 spiro atoms. The zero-order valence-corrected chi connectivity index (χ0v) is 18.8. The molecule has 1 unspecified atom stereocenters. The molecule has 1 saturated heterocycles. The summed E-state index contributed by atoms with van der Waals surface area (Å²) in [6, 6.07) is 10.6. The van der Waals surface area contributed by atoms with E-state index in [2.05, 4.69) is 49.9 Å². The monoisotopic (exact) mass is 423 g/mol. The van der Waals surface area contributed by atoms with E-state index in [1.54, 1.807) is 12.3 Å². The first kappa shape index (κ1) is 21.5. The number of fused-ring (bicyclic) bond motifs is 1. The number of furan rings is 1. The van der Waals surface area contributed by atoms with Gasteiger partial charge in [0, 0.05) is 44.3 Å². The molecule has 0 aliphatic carbocycles. The first-order chi connectivity index (χ1) is 14.9. The van der Waals surface area contributed by atoms with Crippen molar-refractivity contribution in [3.8, 4) is 0 Å². The molecule has 0 radical (unpaired) electrons. The predicted molar refractivity (Wildman–Crippen MR) is 121 cm³/mol. The van der Waals surface area contributed by atoms with E-state index in [4.69, 9.17) is 4.42 Å². The van der Waals surface area contributed by atoms with Crippen LogP contribution in [-0.2, 0) is 17.8 Å². The van der Waals surface area contributed by atoms with Gasteiger partial charge in [0.15, 0.2) is 0 Å². The second-order valence-electron chi connectivity index (χ2n) is 9.17. The van der Waals surface area contributed by atoms with Gasteiger partial charge in [0.25, 0.3) is 5.91 Å². The molecular weight excluding hydrogens is 390 g/mol. The lowest BCUT2D eigenvalue weighted by atomic mass is 10.1. The Labute approximate surface area is 184 Å². The molecule has 0 bridgehead atoms. The molecule has 2 aliphatic rings. The average Bonchev–Trinajstić information content (AvgIpc) is 3.36. The van der Waals surface area contributed by atoms with Gasteiger partial charge in [-0.3, -0.25) is 9.59 Å². The van der Waals surface area contributed by atoms with Gasteiger partial charge in [-0.05, 0) is 43.4 Å². The van der Waals surface area contributed by atoms with Gasteiger partial charge in [-0.1, -0.05) is 32.0 Å². The van der Waals surface area contributed by atoms with Crippen LogP contribution < -0.4 is 4.90 Å². The highest BCUT2D eigenvalue weighted by Crippen LogP contribution is 2.33. The SMILES string of the molecule is CC(C)CCC(=O)N1CCN(C(=O)c2ccoc2CN2c3ccccc3CC2C)CC1. The van der Waals surface area contributed by atoms with Gasteiger partial charge in [-0.15, -0.1) is 0 Å². The van der Waals surface area contributed by atoms with Crippen LogP contribution in [0.1, 0.15) is 55.3 Å². The van der Waals surface area contributed by atoms with Crippen molar-refractivity contribution in [1.82, 2.24) is 9.80 Å². The molecule has 3 heterocycles. The molecule has 0 N–H and O–H groups in total. The molecule has 6 nitrogen and oxygen atoms in total. The summed E-state index contributed by atoms with van der Waals surface area (Å²) < 4.78 is 5.76. The number of piperazine rings is 1. The number of hydrogen-bond acceptors (Lipinski definition) is 4. The van der Waals surface area contributed by atoms with Crippen LogP contribution in [0, 0.1) is 5.92 Å². The number of amides is 2. The predicted octanol–water partition coefficient (Wildman–Crippen LogP) is 3.95. The molecule has 0 saturated carbocycles. The van der Waals surface area contributed by atoms with Gasteiger partial charge < -0.3 is 19.1 Å². The number of nitrogens with zero attached hydrogens (tertiary/aromatic N) is 3. The minimum atomic E-state index is -0.00170. The lowest BCUT2D eigenvalue weighted by molar-refractivity contribution is -0.132. The van der Waals surface area contributed by atoms with Crippen LogP contribution in [0.25, 0.3) is 0 Å². The lowest BCUT2D eigenvalue weighted by Gasteiger charge is -2.35. The second kappa shape index (κ2) is 9.16. The topological polar surface area (TPSA) is 57.0 Å². The smallest absolute Gasteiger partial charge is 0.257 e. The summed E-state index contributed by atoms with van der Waals surface area (Å²) in [5, 5.41) is 0. The second-order valence-corrected chi connectivity index (χ2v) is 9.17. The van der Waals surface area contributed by atoms with Crippen LogP contribution in [-0.4, -0.2) is 53.8 Å². The van der Waals surface area contributed by atoms with Crippen molar-refractivity contribution in [2.24, 2.45) is 5.92 Å². The molecule has 1 fully saturated rings. The third-order valence-corrected chi connectivity index (χ3v) is 6.49. The molecule has 1 aromatic carbocycles. The molecular formula is C25H33N3O3. The largest absolute Gasteiger partial charge is 0.467 e. The highest BCUT2D eigenvalue weighted by atomic mass is 16.3. The van der Waals surface area contributed by atoms with Gasteiger partial charge in [0.05, 0.1) is 18.4 Å². The number of benzene rings is 1. The minimum Gasteiger partial charge on any atom is -0.467 e. The van der Waals surface area contributed by atoms with E-state index in [0.717, 1.165) is 12.8 Å². The summed E-state index contributed by atoms with van der Waals surface area (Å²) >= 11 is 0. The van der Waals surface area contributed by atoms with Gasteiger partial charge in [-0.25, -0.2) is 0 Å². The van der Waals surface area contributed by atoms with Crippen LogP contribution >= 0.6 is 0 Å². The van der Waals surface area contributed by atoms with Gasteiger partial charge in [-0.2, -0.15) is 0 Å². The van der Waals surface area contributed by atoms with Crippen LogP contribution in [0.3, 0.4) is 0 Å². The third kappa shape index (κ3) is 4.63. The number of anilines is 1. The quantitative estimate of drug-likeness (QED) is 0.706. The maximum absolute atomic E-state index is 13.2. The first-order valence-corrected chi connectivity index (χ1v) is 11.4. The van der Waals surface area contributed by atoms with Crippen molar-refractivity contribution in [3.63, 3.8) is 0 Å². The fraction of sp³-hybridized carbons (Fsp3) is 0.520. The highest BCUT2D eigenvalue weighted by Gasteiger charge is 2.30. The number of hydrogen-bond donors (Lipinski definition) is 0. The highest BCUT2D eigenvalue weighted by molar-refractivity contribution is 5.95. The van der Waals surface area contributed by atoms with Crippen LogP contribution in [0.5, 0.6) is 0 Å². The van der Waals surface area contributed by atoms with E-state index < -0.39 is 0 Å². The van der Waals surface area contributed by atoms with Crippen molar-refractivity contribution in [3.05, 3.63) is 53.5 Å². The van der Waals surface area contributed by atoms with Crippen molar-refractivity contribution in [1.29, 1.82) is 0 Å². The Bertz CT molecular complexity index is 928. The summed E-state index contributed by atoms with van der Waals surface area (Å²) in [5.74, 6) is 1.44. The summed E-state index contributed by atoms with van der Waals surface area (Å²) in [7, 11) is 0. The van der Waals surface area contributed by atoms with Crippen LogP contribution in [0.4, 0.5) is 5.69 Å². The van der Waals surface area contributed by atoms with Crippen molar-refractivity contribution in [2.75, 3.05) is 31.1 Å². The fourth-order valence-electron chi connectivity index (χ4n) is 4.58. The average molecular weight is 424 g/mol. The Morgan fingerprint density at radius 2 is 1.77 bits per heavy atom. The lowest BCUT2D eigenvalue weighted by Crippen LogP contribution is -2.50. The molecule has 2 aliphatic heterocycles. The van der Waals surface area contributed by atoms with Gasteiger partial charge in [0.1, 0.15) is 5.76 Å². The van der Waals surface area contributed by atoms with Crippen molar-refractivity contribution in [2.45, 2.75) is 52.6 Å². The van der Waals surface area contributed by atoms with Crippen molar-refractivity contribution >= 4 is 17.5 Å². The summed E-state index contributed by atoms with van der Waals surface area (Å²) in [4.78, 5) is 31.7. The molecule has 31 heavy (non-hydrogen) atoms. The Morgan fingerprint density at radius 3 is 2.52 bits per heavy atom. The normalized spacial score (nSPS) is 18.6. The zero-order chi connectivity index (χ0) is 22.0. The van der Waals surface area contributed by atoms with E-state index in [-0.39, 0.29) is 11.8 Å². The number of carbonyl (C=O) groups excluding carboxylic acids is 2. The fourth-order valence-corrected chi connectivity index (χ4v) is 4.58. The maximum atomic E-state index is 13.2. The van der Waals surface area contributed by atoms with E-state index in [1.165, 1.54) is 11.3 Å². The molecule has 2 amide bonds. The Kier molecular flexibility index (Phi) is 6.35. The number of rotatable bonds is 6. The molecule has 6 heteroatoms. The van der Waals surface area contributed by atoms with Gasteiger partial charge >= 0.3 is 0 Å². The van der Waals surface area contributed by atoms with Crippen molar-refractivity contribution < 1.29 is 14.0 Å². The molecule has 4 rings (SSSR count). The Hall–Kier alpha value is -2.76. The summed E-state index contributed by atoms with van der Waals surface area (Å²) in [6.07, 6.45) is 4.12. The van der Waals surface area contributed by atoms with E-state index in [1.807, 2.05) is 9.80 Å². The van der Waals surface area contributed by atoms with E-state index in [0.29, 0.717) is 62.4 Å². The van der Waals surface area contributed by atoms with E-state index in [9.17, 15) is 9.59 Å². The molecule has 1 aromatic heterocycles. The molecule has 166 valence electrons. The minimum absolute atomic E-state index is 0.00170. The number of carbonyl (C=O) groups is 2. The molecule has 2 aromatic rings. The Morgan fingerprint density at radius 1 is 1.06 bits per heavy atom. The summed E-state index contributed by atoms with van der Waals surface area (Å²) in [5.41, 5.74) is 3.20.